The molecule has 1 aliphatic heterocycles. The first-order valence-corrected chi connectivity index (χ1v) is 13.6. The number of benzene rings is 1. The molecule has 0 spiro atoms. The Kier molecular flexibility index (Phi) is 5.75. The van der Waals surface area contributed by atoms with Crippen LogP contribution >= 0.6 is 11.3 Å². The van der Waals surface area contributed by atoms with Gasteiger partial charge in [-0.2, -0.15) is 13.5 Å². The van der Waals surface area contributed by atoms with Crippen molar-refractivity contribution in [3.63, 3.8) is 0 Å². The van der Waals surface area contributed by atoms with Crippen molar-refractivity contribution in [2.45, 2.75) is 30.7 Å². The molecule has 0 bridgehead atoms. The van der Waals surface area contributed by atoms with E-state index in [1.165, 1.54) is 28.2 Å². The van der Waals surface area contributed by atoms with E-state index in [0.717, 1.165) is 25.3 Å². The van der Waals surface area contributed by atoms with Crippen LogP contribution in [0.1, 0.15) is 24.8 Å². The average Bonchev–Trinajstić information content (AvgIpc) is 3.26. The lowest BCUT2D eigenvalue weighted by molar-refractivity contribution is 0.261. The van der Waals surface area contributed by atoms with Crippen molar-refractivity contribution in [3.8, 4) is 16.3 Å². The summed E-state index contributed by atoms with van der Waals surface area (Å²) in [6, 6.07) is 7.34. The van der Waals surface area contributed by atoms with Gasteiger partial charge >= 0.3 is 0 Å². The molecule has 3 aromatic rings. The first-order valence-electron chi connectivity index (χ1n) is 10.2. The van der Waals surface area contributed by atoms with Gasteiger partial charge in [-0.3, -0.25) is 9.00 Å². The highest BCUT2D eigenvalue weighted by atomic mass is 32.2. The molecule has 14 heteroatoms. The van der Waals surface area contributed by atoms with Crippen LogP contribution in [0.4, 0.5) is 11.4 Å². The van der Waals surface area contributed by atoms with E-state index in [1.807, 2.05) is 0 Å². The van der Waals surface area contributed by atoms with E-state index in [-0.39, 0.29) is 39.3 Å². The number of nitrogens with one attached hydrogen (secondary N) is 2. The molecule has 0 radical (unpaired) electrons. The number of nitrogens with zero attached hydrogens (tertiary/aromatic N) is 3. The third kappa shape index (κ3) is 4.13. The van der Waals surface area contributed by atoms with Gasteiger partial charge in [0, 0.05) is 23.5 Å². The van der Waals surface area contributed by atoms with E-state index < -0.39 is 32.6 Å². The molecule has 0 amide bonds. The summed E-state index contributed by atoms with van der Waals surface area (Å²) in [7, 11) is -4.32. The zero-order valence-electron chi connectivity index (χ0n) is 17.4. The van der Waals surface area contributed by atoms with Gasteiger partial charge in [0.15, 0.2) is 11.6 Å². The van der Waals surface area contributed by atoms with Crippen molar-refractivity contribution in [1.82, 2.24) is 9.78 Å². The predicted molar refractivity (Wildman–Crippen MR) is 127 cm³/mol. The molecular formula is C20H18N5O6S3-. The molecule has 3 heterocycles. The Hall–Kier alpha value is -3.07. The lowest BCUT2D eigenvalue weighted by atomic mass is 9.85. The molecule has 1 aliphatic carbocycles. The molecule has 34 heavy (non-hydrogen) atoms. The van der Waals surface area contributed by atoms with Gasteiger partial charge < -0.3 is 19.7 Å². The molecule has 1 saturated carbocycles. The molecular weight excluding hydrogens is 502 g/mol. The number of fused-ring (bicyclic) bond motifs is 1. The quantitative estimate of drug-likeness (QED) is 0.416. The smallest absolute Gasteiger partial charge is 0.286 e. The summed E-state index contributed by atoms with van der Waals surface area (Å²) >= 11 is -1.32. The van der Waals surface area contributed by atoms with Crippen LogP contribution in [0.3, 0.4) is 0 Å². The van der Waals surface area contributed by atoms with Crippen LogP contribution in [0, 0.1) is 5.92 Å². The molecule has 1 aromatic carbocycles. The Labute approximate surface area is 200 Å². The first-order chi connectivity index (χ1) is 16.2. The summed E-state index contributed by atoms with van der Waals surface area (Å²) in [6.07, 6.45) is 3.00. The normalized spacial score (nSPS) is 17.7. The standard InChI is InChI=1S/C20H19N5O6S3/c26-18-16(19-21-13-7-6-12(23-33(28)29)9-15(13)34(30,31)24-19)20(27)25(10-11-3-1-4-11)22-17(18)14-5-2-8-32-14/h2,5-9,11,23,26H,1,3-4,10H2,(H,21,24)(H,28,29)/p-1. The van der Waals surface area contributed by atoms with Crippen molar-refractivity contribution in [2.75, 3.05) is 10.0 Å². The molecule has 178 valence electrons. The average molecular weight is 521 g/mol. The van der Waals surface area contributed by atoms with Gasteiger partial charge in [0.1, 0.15) is 16.2 Å². The van der Waals surface area contributed by atoms with Gasteiger partial charge in [0.05, 0.1) is 10.6 Å². The molecule has 1 atom stereocenters. The van der Waals surface area contributed by atoms with Crippen molar-refractivity contribution in [1.29, 1.82) is 0 Å². The second-order valence-corrected chi connectivity index (χ2v) is 11.1. The zero-order valence-corrected chi connectivity index (χ0v) is 19.9. The van der Waals surface area contributed by atoms with Crippen molar-refractivity contribution >= 4 is 49.8 Å². The van der Waals surface area contributed by atoms with E-state index in [1.54, 1.807) is 17.5 Å². The van der Waals surface area contributed by atoms with Gasteiger partial charge in [0.2, 0.25) is 0 Å². The number of thiophene rings is 1. The van der Waals surface area contributed by atoms with Crippen LogP contribution in [-0.2, 0) is 27.8 Å². The summed E-state index contributed by atoms with van der Waals surface area (Å²) in [5.41, 5.74) is -0.671. The number of amidine groups is 1. The minimum absolute atomic E-state index is 0.0331. The number of aromatic nitrogens is 2. The van der Waals surface area contributed by atoms with Crippen LogP contribution in [0.15, 0.2) is 49.8 Å². The van der Waals surface area contributed by atoms with Crippen LogP contribution in [-0.4, -0.2) is 37.9 Å². The minimum atomic E-state index is -4.32. The number of hydrogen-bond donors (Lipinski definition) is 3. The first kappa shape index (κ1) is 22.7. The number of rotatable bonds is 6. The molecule has 5 rings (SSSR count). The molecule has 3 N–H and O–H groups in total. The Morgan fingerprint density at radius 1 is 1.32 bits per heavy atom. The number of aromatic hydroxyl groups is 1. The van der Waals surface area contributed by atoms with Crippen LogP contribution < -0.4 is 15.6 Å². The van der Waals surface area contributed by atoms with Crippen molar-refractivity contribution in [2.24, 2.45) is 10.3 Å². The lowest BCUT2D eigenvalue weighted by Gasteiger charge is -2.26. The number of sulfonamides is 1. The fourth-order valence-corrected chi connectivity index (χ4v) is 6.00. The Bertz CT molecular complexity index is 1490. The van der Waals surface area contributed by atoms with Gasteiger partial charge in [0.25, 0.3) is 15.6 Å². The third-order valence-electron chi connectivity index (χ3n) is 5.70. The Morgan fingerprint density at radius 2 is 2.12 bits per heavy atom. The maximum atomic E-state index is 13.3. The Morgan fingerprint density at radius 3 is 2.76 bits per heavy atom. The van der Waals surface area contributed by atoms with Gasteiger partial charge in [-0.1, -0.05) is 12.5 Å². The highest BCUT2D eigenvalue weighted by Gasteiger charge is 2.31. The fraction of sp³-hybridized carbons (Fsp3) is 0.250. The van der Waals surface area contributed by atoms with Crippen LogP contribution in [0.2, 0.25) is 0 Å². The van der Waals surface area contributed by atoms with Crippen LogP contribution in [0.25, 0.3) is 10.6 Å². The predicted octanol–water partition coefficient (Wildman–Crippen LogP) is 2.24. The van der Waals surface area contributed by atoms with E-state index in [9.17, 15) is 27.1 Å². The van der Waals surface area contributed by atoms with Crippen molar-refractivity contribution < 1.29 is 22.3 Å². The molecule has 2 aromatic heterocycles. The van der Waals surface area contributed by atoms with Gasteiger partial charge in [-0.15, -0.1) is 15.7 Å². The summed E-state index contributed by atoms with van der Waals surface area (Å²) in [5.74, 6) is -0.519. The third-order valence-corrected chi connectivity index (χ3v) is 8.30. The monoisotopic (exact) mass is 520 g/mol. The van der Waals surface area contributed by atoms with E-state index in [0.29, 0.717) is 11.4 Å². The van der Waals surface area contributed by atoms with Crippen molar-refractivity contribution in [3.05, 3.63) is 51.6 Å². The fourth-order valence-electron chi connectivity index (χ4n) is 3.83. The summed E-state index contributed by atoms with van der Waals surface area (Å²) in [4.78, 5) is 13.7. The zero-order chi connectivity index (χ0) is 24.0. The van der Waals surface area contributed by atoms with E-state index in [4.69, 9.17) is 0 Å². The second-order valence-electron chi connectivity index (χ2n) is 7.92. The van der Waals surface area contributed by atoms with E-state index >= 15 is 0 Å². The number of hydrogen-bond acceptors (Lipinski definition) is 9. The van der Waals surface area contributed by atoms with Gasteiger partial charge in [-0.05, 0) is 48.4 Å². The highest BCUT2D eigenvalue weighted by Crippen LogP contribution is 2.36. The SMILES string of the molecule is O=c1c(C2=NS(=O)(=O)c3cc(NS(=O)[O-])ccc3N2)c(O)c(-c2cccs2)nn1CC1CCC1. The molecule has 1 fully saturated rings. The van der Waals surface area contributed by atoms with E-state index in [2.05, 4.69) is 19.5 Å². The second kappa shape index (κ2) is 8.61. The molecule has 2 aliphatic rings. The maximum Gasteiger partial charge on any atom is 0.286 e. The molecule has 11 nitrogen and oxygen atoms in total. The Balaban J connectivity index is 1.65. The van der Waals surface area contributed by atoms with Crippen LogP contribution in [0.5, 0.6) is 5.75 Å². The minimum Gasteiger partial charge on any atom is -0.755 e. The summed E-state index contributed by atoms with van der Waals surface area (Å²) < 4.78 is 54.8. The molecule has 1 unspecified atom stereocenters. The van der Waals surface area contributed by atoms with Gasteiger partial charge in [-0.25, -0.2) is 4.68 Å². The number of anilines is 2. The topological polar surface area (TPSA) is 166 Å². The largest absolute Gasteiger partial charge is 0.755 e. The molecule has 0 saturated heterocycles. The highest BCUT2D eigenvalue weighted by molar-refractivity contribution is 7.90. The lowest BCUT2D eigenvalue weighted by Crippen LogP contribution is -2.36. The summed E-state index contributed by atoms with van der Waals surface area (Å²) in [6.45, 7) is 0.350. The maximum absolute atomic E-state index is 13.3. The summed E-state index contributed by atoms with van der Waals surface area (Å²) in [5, 5.41) is 20.0.